The summed E-state index contributed by atoms with van der Waals surface area (Å²) in [4.78, 5) is 0. The molecule has 0 aliphatic carbocycles. The molecule has 0 unspecified atom stereocenters. The summed E-state index contributed by atoms with van der Waals surface area (Å²) >= 11 is 0. The van der Waals surface area contributed by atoms with E-state index in [9.17, 15) is 17.6 Å². The average molecular weight is 257 g/mol. The number of rotatable bonds is 2. The number of nitrogen functional groups attached to an aromatic ring is 1. The Hall–Kier alpha value is -2.24. The van der Waals surface area contributed by atoms with Gasteiger partial charge >= 0.3 is 0 Å². The van der Waals surface area contributed by atoms with E-state index < -0.39 is 29.0 Å². The molecule has 0 fully saturated rings. The quantitative estimate of drug-likeness (QED) is 0.658. The van der Waals surface area contributed by atoms with Crippen LogP contribution < -0.4 is 10.5 Å². The first-order valence-electron chi connectivity index (χ1n) is 4.84. The molecule has 0 heterocycles. The second-order valence-corrected chi connectivity index (χ2v) is 3.51. The molecule has 0 saturated heterocycles. The van der Waals surface area contributed by atoms with E-state index in [0.717, 1.165) is 18.2 Å². The van der Waals surface area contributed by atoms with Crippen LogP contribution in [-0.4, -0.2) is 0 Å². The summed E-state index contributed by atoms with van der Waals surface area (Å²) in [5.74, 6) is -4.27. The lowest BCUT2D eigenvalue weighted by atomic mass is 10.2. The molecule has 2 aromatic rings. The normalized spacial score (nSPS) is 10.4. The highest BCUT2D eigenvalue weighted by Crippen LogP contribution is 2.31. The van der Waals surface area contributed by atoms with Gasteiger partial charge in [0.25, 0.3) is 0 Å². The van der Waals surface area contributed by atoms with Gasteiger partial charge in [0.15, 0.2) is 11.6 Å². The van der Waals surface area contributed by atoms with Crippen molar-refractivity contribution in [1.82, 2.24) is 0 Å². The van der Waals surface area contributed by atoms with Gasteiger partial charge in [-0.25, -0.2) is 17.6 Å². The molecule has 0 aromatic heterocycles. The van der Waals surface area contributed by atoms with E-state index in [0.29, 0.717) is 12.1 Å². The van der Waals surface area contributed by atoms with Gasteiger partial charge in [-0.3, -0.25) is 0 Å². The predicted molar refractivity (Wildman–Crippen MR) is 57.2 cm³/mol. The van der Waals surface area contributed by atoms with Crippen molar-refractivity contribution in [1.29, 1.82) is 0 Å². The second kappa shape index (κ2) is 4.56. The summed E-state index contributed by atoms with van der Waals surface area (Å²) in [5, 5.41) is 0. The summed E-state index contributed by atoms with van der Waals surface area (Å²) in [5.41, 5.74) is 4.88. The number of hydrogen-bond donors (Lipinski definition) is 1. The Morgan fingerprint density at radius 3 is 1.94 bits per heavy atom. The largest absolute Gasteiger partial charge is 0.455 e. The number of ether oxygens (including phenoxy) is 1. The molecule has 0 radical (unpaired) electrons. The fourth-order valence-corrected chi connectivity index (χ4v) is 1.36. The maximum absolute atomic E-state index is 13.1. The molecule has 18 heavy (non-hydrogen) atoms. The molecular formula is C12H7F4NO. The van der Waals surface area contributed by atoms with E-state index in [4.69, 9.17) is 10.5 Å². The van der Waals surface area contributed by atoms with E-state index in [1.165, 1.54) is 0 Å². The Bertz CT molecular complexity index is 581. The summed E-state index contributed by atoms with van der Waals surface area (Å²) in [6.07, 6.45) is 0. The van der Waals surface area contributed by atoms with Crippen molar-refractivity contribution >= 4 is 5.69 Å². The van der Waals surface area contributed by atoms with Crippen molar-refractivity contribution in [2.24, 2.45) is 0 Å². The van der Waals surface area contributed by atoms with Gasteiger partial charge < -0.3 is 10.5 Å². The first kappa shape index (κ1) is 12.2. The molecule has 2 rings (SSSR count). The maximum Gasteiger partial charge on any atom is 0.156 e. The molecule has 0 amide bonds. The number of hydrogen-bond acceptors (Lipinski definition) is 2. The molecular weight excluding hydrogens is 250 g/mol. The third-order valence-electron chi connectivity index (χ3n) is 2.12. The molecule has 2 nitrogen and oxygen atoms in total. The van der Waals surface area contributed by atoms with Crippen LogP contribution in [0.15, 0.2) is 30.3 Å². The first-order valence-corrected chi connectivity index (χ1v) is 4.84. The van der Waals surface area contributed by atoms with E-state index in [1.54, 1.807) is 0 Å². The SMILES string of the molecule is Nc1c(F)cc(F)cc1Oc1cc(F)cc(F)c1. The van der Waals surface area contributed by atoms with Crippen LogP contribution in [0.1, 0.15) is 0 Å². The van der Waals surface area contributed by atoms with E-state index >= 15 is 0 Å². The van der Waals surface area contributed by atoms with Crippen LogP contribution in [-0.2, 0) is 0 Å². The Morgan fingerprint density at radius 2 is 1.33 bits per heavy atom. The number of anilines is 1. The van der Waals surface area contributed by atoms with Gasteiger partial charge in [0.2, 0.25) is 0 Å². The second-order valence-electron chi connectivity index (χ2n) is 3.51. The third kappa shape index (κ3) is 2.53. The molecule has 0 saturated carbocycles. The summed E-state index contributed by atoms with van der Waals surface area (Å²) in [7, 11) is 0. The summed E-state index contributed by atoms with van der Waals surface area (Å²) in [6.45, 7) is 0. The molecule has 0 spiro atoms. The van der Waals surface area contributed by atoms with Gasteiger partial charge in [-0.2, -0.15) is 0 Å². The standard InChI is InChI=1S/C12H7F4NO/c13-6-1-7(14)3-9(2-6)18-11-5-8(15)4-10(16)12(11)17/h1-5H,17H2. The van der Waals surface area contributed by atoms with Gasteiger partial charge in [0.05, 0.1) is 0 Å². The highest BCUT2D eigenvalue weighted by Gasteiger charge is 2.11. The van der Waals surface area contributed by atoms with Crippen molar-refractivity contribution in [2.75, 3.05) is 5.73 Å². The van der Waals surface area contributed by atoms with Crippen LogP contribution in [0, 0.1) is 23.3 Å². The fraction of sp³-hybridized carbons (Fsp3) is 0. The number of nitrogens with two attached hydrogens (primary N) is 1. The van der Waals surface area contributed by atoms with Crippen LogP contribution in [0.2, 0.25) is 0 Å². The van der Waals surface area contributed by atoms with Crippen molar-refractivity contribution in [3.8, 4) is 11.5 Å². The van der Waals surface area contributed by atoms with Crippen molar-refractivity contribution < 1.29 is 22.3 Å². The molecule has 0 aliphatic heterocycles. The zero-order chi connectivity index (χ0) is 13.3. The van der Waals surface area contributed by atoms with Crippen LogP contribution in [0.25, 0.3) is 0 Å². The monoisotopic (exact) mass is 257 g/mol. The minimum atomic E-state index is -1.01. The minimum absolute atomic E-state index is 0.246. The Labute approximate surface area is 99.6 Å². The van der Waals surface area contributed by atoms with Gasteiger partial charge in [-0.15, -0.1) is 0 Å². The molecule has 6 heteroatoms. The molecule has 0 atom stereocenters. The Balaban J connectivity index is 2.39. The highest BCUT2D eigenvalue weighted by atomic mass is 19.1. The zero-order valence-corrected chi connectivity index (χ0v) is 8.88. The van der Waals surface area contributed by atoms with Crippen LogP contribution in [0.3, 0.4) is 0 Å². The first-order chi connectivity index (χ1) is 8.45. The van der Waals surface area contributed by atoms with Gasteiger partial charge in [-0.05, 0) is 0 Å². The molecule has 94 valence electrons. The molecule has 2 N–H and O–H groups in total. The van der Waals surface area contributed by atoms with Crippen LogP contribution in [0.5, 0.6) is 11.5 Å². The van der Waals surface area contributed by atoms with Crippen molar-refractivity contribution in [2.45, 2.75) is 0 Å². The summed E-state index contributed by atoms with van der Waals surface area (Å²) in [6, 6.07) is 3.77. The lowest BCUT2D eigenvalue weighted by Gasteiger charge is -2.09. The average Bonchev–Trinajstić information content (AvgIpc) is 2.23. The number of halogens is 4. The predicted octanol–water partition coefficient (Wildman–Crippen LogP) is 3.62. The molecule has 0 aliphatic rings. The van der Waals surface area contributed by atoms with Gasteiger partial charge in [0.1, 0.15) is 28.9 Å². The Kier molecular flexibility index (Phi) is 3.10. The number of benzene rings is 2. The van der Waals surface area contributed by atoms with E-state index in [1.807, 2.05) is 0 Å². The fourth-order valence-electron chi connectivity index (χ4n) is 1.36. The topological polar surface area (TPSA) is 35.2 Å². The minimum Gasteiger partial charge on any atom is -0.455 e. The zero-order valence-electron chi connectivity index (χ0n) is 8.88. The molecule has 0 bridgehead atoms. The maximum atomic E-state index is 13.1. The highest BCUT2D eigenvalue weighted by molar-refractivity contribution is 5.55. The van der Waals surface area contributed by atoms with Crippen molar-refractivity contribution in [3.63, 3.8) is 0 Å². The van der Waals surface area contributed by atoms with Crippen LogP contribution in [0.4, 0.5) is 23.2 Å². The van der Waals surface area contributed by atoms with E-state index in [-0.39, 0.29) is 11.5 Å². The summed E-state index contributed by atoms with van der Waals surface area (Å²) < 4.78 is 56.8. The van der Waals surface area contributed by atoms with Gasteiger partial charge in [0, 0.05) is 30.3 Å². The lowest BCUT2D eigenvalue weighted by molar-refractivity contribution is 0.460. The lowest BCUT2D eigenvalue weighted by Crippen LogP contribution is -1.97. The van der Waals surface area contributed by atoms with Crippen LogP contribution >= 0.6 is 0 Å². The molecule has 2 aromatic carbocycles. The van der Waals surface area contributed by atoms with Crippen molar-refractivity contribution in [3.05, 3.63) is 53.6 Å². The van der Waals surface area contributed by atoms with E-state index in [2.05, 4.69) is 0 Å². The van der Waals surface area contributed by atoms with Gasteiger partial charge in [-0.1, -0.05) is 0 Å². The smallest absolute Gasteiger partial charge is 0.156 e. The Morgan fingerprint density at radius 1 is 0.778 bits per heavy atom. The third-order valence-corrected chi connectivity index (χ3v) is 2.12.